The largest absolute Gasteiger partial charge is 0.395 e. The Kier molecular flexibility index (Phi) is 24.0. The molecule has 5 N–H and O–H groups in total. The van der Waals surface area contributed by atoms with Gasteiger partial charge in [0.25, 0.3) is 0 Å². The maximum absolute atomic E-state index is 11.5. The van der Waals surface area contributed by atoms with Gasteiger partial charge in [-0.05, 0) is 56.9 Å². The summed E-state index contributed by atoms with van der Waals surface area (Å²) in [7, 11) is 0. The minimum atomic E-state index is -0.508. The monoisotopic (exact) mass is 687 g/mol. The van der Waals surface area contributed by atoms with Crippen LogP contribution in [0, 0.1) is 0 Å². The molecule has 11 nitrogen and oxygen atoms in total. The van der Waals surface area contributed by atoms with Crippen LogP contribution in [0.5, 0.6) is 0 Å². The minimum absolute atomic E-state index is 0. The number of hydrogen-bond donors (Lipinski definition) is 5. The zero-order chi connectivity index (χ0) is 31.3. The number of aromatic amines is 2. The summed E-state index contributed by atoms with van der Waals surface area (Å²) in [5, 5.41) is 20.1. The van der Waals surface area contributed by atoms with Gasteiger partial charge in [-0.15, -0.1) is 35.6 Å². The Morgan fingerprint density at radius 1 is 0.907 bits per heavy atom. The molecule has 248 valence electrons. The number of amides is 1. The average Bonchev–Trinajstić information content (AvgIpc) is 3.94. The van der Waals surface area contributed by atoms with E-state index < -0.39 is 5.24 Å². The normalized spacial score (nSPS) is 13.4. The van der Waals surface area contributed by atoms with Crippen LogP contribution in [-0.4, -0.2) is 109 Å². The predicted molar refractivity (Wildman–Crippen MR) is 175 cm³/mol. The van der Waals surface area contributed by atoms with Crippen molar-refractivity contribution in [3.63, 3.8) is 0 Å². The molecular weight excluding hydrogens is 640 g/mol. The molecule has 0 spiro atoms. The molecule has 4 rings (SSSR count). The summed E-state index contributed by atoms with van der Waals surface area (Å²) in [6.45, 7) is 12.4. The maximum atomic E-state index is 11.5. The van der Waals surface area contributed by atoms with Gasteiger partial charge in [-0.1, -0.05) is 20.8 Å². The number of hydrogen-bond acceptors (Lipinski definition) is 8. The van der Waals surface area contributed by atoms with Gasteiger partial charge < -0.3 is 35.3 Å². The fourth-order valence-electron chi connectivity index (χ4n) is 3.73. The SMILES string of the molecule is CCN(CC)CC.Cl.O=C(CCl)N(CCO)Cc1cnc(C2CC2)[nH]1.O=C(Cl)CCl.OCCNCc1cnc(C2CC2)[nH]1. The van der Waals surface area contributed by atoms with Crippen molar-refractivity contribution in [1.29, 1.82) is 0 Å². The van der Waals surface area contributed by atoms with Crippen LogP contribution in [0.15, 0.2) is 12.4 Å². The number of carbonyl (C=O) groups excluding carboxylic acids is 2. The van der Waals surface area contributed by atoms with Crippen molar-refractivity contribution in [2.75, 3.05) is 57.7 Å². The van der Waals surface area contributed by atoms with Crippen molar-refractivity contribution >= 4 is 58.4 Å². The first-order valence-electron chi connectivity index (χ1n) is 14.6. The summed E-state index contributed by atoms with van der Waals surface area (Å²) < 4.78 is 0. The summed E-state index contributed by atoms with van der Waals surface area (Å²) in [6.07, 6.45) is 8.55. The molecule has 15 heteroatoms. The molecule has 0 aliphatic heterocycles. The van der Waals surface area contributed by atoms with Crippen molar-refractivity contribution in [3.8, 4) is 0 Å². The van der Waals surface area contributed by atoms with Crippen LogP contribution in [0.3, 0.4) is 0 Å². The summed E-state index contributed by atoms with van der Waals surface area (Å²) in [5.74, 6) is 3.04. The van der Waals surface area contributed by atoms with Crippen LogP contribution >= 0.6 is 47.2 Å². The standard InChI is InChI=1S/C11H16ClN3O2.C9H15N3O.C6H15N.C2H2Cl2O.ClH/c12-5-10(17)15(3-4-16)7-9-6-13-11(14-9)8-1-2-8;13-4-3-10-5-8-6-11-9(12-8)7-1-2-7;1-4-7(5-2)6-3;3-1-2(4)5;/h6,8,16H,1-5,7H2,(H,13,14);6-7,10,13H,1-5H2,(H,11,12);4-6H2,1-3H3;1H2;1H. The first-order valence-corrected chi connectivity index (χ1v) is 16.0. The smallest absolute Gasteiger partial charge is 0.237 e. The van der Waals surface area contributed by atoms with Crippen LogP contribution in [0.2, 0.25) is 0 Å². The highest BCUT2D eigenvalue weighted by Gasteiger charge is 2.27. The fourth-order valence-corrected chi connectivity index (χ4v) is 3.90. The van der Waals surface area contributed by atoms with Crippen LogP contribution in [0.1, 0.15) is 81.3 Å². The van der Waals surface area contributed by atoms with Crippen LogP contribution in [0.25, 0.3) is 0 Å². The summed E-state index contributed by atoms with van der Waals surface area (Å²) in [5.41, 5.74) is 1.99. The molecule has 2 fully saturated rings. The number of rotatable bonds is 15. The molecule has 0 bridgehead atoms. The number of imidazole rings is 2. The number of carbonyl (C=O) groups is 2. The Morgan fingerprint density at radius 3 is 1.77 bits per heavy atom. The van der Waals surface area contributed by atoms with E-state index in [0.717, 1.165) is 29.6 Å². The Hall–Kier alpha value is -1.44. The molecule has 1 amide bonds. The third-order valence-electron chi connectivity index (χ3n) is 6.47. The predicted octanol–water partition coefficient (Wildman–Crippen LogP) is 3.98. The van der Waals surface area contributed by atoms with E-state index in [-0.39, 0.29) is 43.3 Å². The molecule has 0 radical (unpaired) electrons. The van der Waals surface area contributed by atoms with Gasteiger partial charge in [0.05, 0.1) is 37.5 Å². The number of nitrogens with zero attached hydrogens (tertiary/aromatic N) is 4. The highest BCUT2D eigenvalue weighted by molar-refractivity contribution is 6.67. The highest BCUT2D eigenvalue weighted by Crippen LogP contribution is 2.38. The molecular formula is C28H49Cl4N7O4. The van der Waals surface area contributed by atoms with Gasteiger partial charge in [0.15, 0.2) is 0 Å². The van der Waals surface area contributed by atoms with Gasteiger partial charge in [-0.25, -0.2) is 9.97 Å². The molecule has 2 aromatic heterocycles. The first kappa shape index (κ1) is 41.6. The molecule has 0 unspecified atom stereocenters. The van der Waals surface area contributed by atoms with Crippen LogP contribution in [0.4, 0.5) is 0 Å². The van der Waals surface area contributed by atoms with Crippen molar-refractivity contribution < 1.29 is 19.8 Å². The zero-order valence-corrected chi connectivity index (χ0v) is 28.5. The molecule has 43 heavy (non-hydrogen) atoms. The van der Waals surface area contributed by atoms with Crippen molar-refractivity contribution in [1.82, 2.24) is 35.1 Å². The highest BCUT2D eigenvalue weighted by atomic mass is 35.5. The third-order valence-corrected chi connectivity index (χ3v) is 7.21. The minimum Gasteiger partial charge on any atom is -0.395 e. The van der Waals surface area contributed by atoms with Gasteiger partial charge >= 0.3 is 0 Å². The van der Waals surface area contributed by atoms with Gasteiger partial charge in [0.1, 0.15) is 17.5 Å². The lowest BCUT2D eigenvalue weighted by atomic mass is 10.4. The van der Waals surface area contributed by atoms with E-state index >= 15 is 0 Å². The second-order valence-corrected chi connectivity index (χ2v) is 10.8. The molecule has 2 saturated carbocycles. The van der Waals surface area contributed by atoms with E-state index in [1.165, 1.54) is 50.2 Å². The number of nitrogens with one attached hydrogen (secondary N) is 3. The lowest BCUT2D eigenvalue weighted by Crippen LogP contribution is -2.34. The second kappa shape index (κ2) is 24.8. The maximum Gasteiger partial charge on any atom is 0.237 e. The lowest BCUT2D eigenvalue weighted by Gasteiger charge is -2.19. The number of H-pyrrole nitrogens is 2. The average molecular weight is 690 g/mol. The van der Waals surface area contributed by atoms with Crippen LogP contribution < -0.4 is 5.32 Å². The van der Waals surface area contributed by atoms with Crippen molar-refractivity contribution in [2.45, 2.75) is 71.4 Å². The quantitative estimate of drug-likeness (QED) is 0.107. The molecule has 0 aromatic carbocycles. The van der Waals surface area contributed by atoms with Gasteiger partial charge in [-0.2, -0.15) is 0 Å². The van der Waals surface area contributed by atoms with Crippen molar-refractivity contribution in [2.24, 2.45) is 0 Å². The Morgan fingerprint density at radius 2 is 1.40 bits per heavy atom. The molecule has 2 aliphatic rings. The second-order valence-electron chi connectivity index (χ2n) is 9.82. The molecule has 0 saturated heterocycles. The molecule has 0 atom stereocenters. The molecule has 2 aliphatic carbocycles. The summed E-state index contributed by atoms with van der Waals surface area (Å²) >= 11 is 15.1. The van der Waals surface area contributed by atoms with Gasteiger partial charge in [0.2, 0.25) is 11.1 Å². The Labute approximate surface area is 276 Å². The van der Waals surface area contributed by atoms with Gasteiger partial charge in [-0.3, -0.25) is 9.59 Å². The molecule has 2 heterocycles. The third kappa shape index (κ3) is 18.9. The van der Waals surface area contributed by atoms with E-state index in [2.05, 4.69) is 50.9 Å². The Balaban J connectivity index is 0.000000601. The fraction of sp³-hybridized carbons (Fsp3) is 0.714. The summed E-state index contributed by atoms with van der Waals surface area (Å²) in [6, 6.07) is 0. The Bertz CT molecular complexity index is 994. The van der Waals surface area contributed by atoms with E-state index in [1.54, 1.807) is 6.20 Å². The topological polar surface area (TPSA) is 150 Å². The first-order chi connectivity index (χ1) is 20.3. The van der Waals surface area contributed by atoms with E-state index in [9.17, 15) is 9.59 Å². The van der Waals surface area contributed by atoms with E-state index in [4.69, 9.17) is 45.0 Å². The number of aliphatic hydroxyl groups is 2. The molecule has 2 aromatic rings. The zero-order valence-electron chi connectivity index (χ0n) is 25.5. The number of halogens is 4. The van der Waals surface area contributed by atoms with Crippen molar-refractivity contribution in [3.05, 3.63) is 35.4 Å². The van der Waals surface area contributed by atoms with E-state index in [0.29, 0.717) is 31.5 Å². The number of aromatic nitrogens is 4. The van der Waals surface area contributed by atoms with Gasteiger partial charge in [0, 0.05) is 43.4 Å². The lowest BCUT2D eigenvalue weighted by molar-refractivity contribution is -0.129. The van der Waals surface area contributed by atoms with Crippen LogP contribution in [-0.2, 0) is 22.7 Å². The number of aliphatic hydroxyl groups excluding tert-OH is 2. The summed E-state index contributed by atoms with van der Waals surface area (Å²) in [4.78, 5) is 39.9. The van der Waals surface area contributed by atoms with E-state index in [1.807, 2.05) is 6.20 Å². The number of alkyl halides is 2.